The molecule has 0 radical (unpaired) electrons. The van der Waals surface area contributed by atoms with Gasteiger partial charge in [-0.05, 0) is 18.2 Å². The molecule has 14 heavy (non-hydrogen) atoms. The Labute approximate surface area is 86.6 Å². The van der Waals surface area contributed by atoms with Crippen LogP contribution in [0.5, 0.6) is 0 Å². The summed E-state index contributed by atoms with van der Waals surface area (Å²) in [6.45, 7) is 0. The Bertz CT molecular complexity index is 331. The largest absolute Gasteiger partial charge is 0.397 e. The van der Waals surface area contributed by atoms with Crippen molar-refractivity contribution >= 4 is 23.4 Å². The van der Waals surface area contributed by atoms with Crippen LogP contribution >= 0.6 is 11.8 Å². The zero-order valence-corrected chi connectivity index (χ0v) is 8.56. The summed E-state index contributed by atoms with van der Waals surface area (Å²) in [5.41, 5.74) is 6.64. The molecular formula is C9H13N3OS. The third-order valence-corrected chi connectivity index (χ3v) is 3.38. The van der Waals surface area contributed by atoms with Gasteiger partial charge in [0.1, 0.15) is 5.69 Å². The normalized spacial score (nSPS) is 21.0. The maximum Gasteiger partial charge on any atom is 0.268 e. The second-order valence-electron chi connectivity index (χ2n) is 3.38. The van der Waals surface area contributed by atoms with E-state index in [2.05, 4.69) is 10.3 Å². The number of nitrogen functional groups attached to an aromatic ring is 1. The van der Waals surface area contributed by atoms with Crippen molar-refractivity contribution in [3.8, 4) is 0 Å². The topological polar surface area (TPSA) is 70.9 Å². The van der Waals surface area contributed by atoms with Gasteiger partial charge in [0.25, 0.3) is 5.91 Å². The van der Waals surface area contributed by atoms with E-state index < -0.39 is 0 Å². The number of nitrogens with two attached hydrogens (primary N) is 1. The van der Waals surface area contributed by atoms with E-state index >= 15 is 0 Å². The summed E-state index contributed by atoms with van der Waals surface area (Å²) in [5.74, 6) is 2.09. The van der Waals surface area contributed by atoms with Crippen LogP contribution in [-0.4, -0.2) is 28.4 Å². The van der Waals surface area contributed by atoms with Gasteiger partial charge in [0.2, 0.25) is 0 Å². The molecule has 1 aromatic rings. The molecule has 1 aromatic heterocycles. The summed E-state index contributed by atoms with van der Waals surface area (Å²) in [6, 6.07) is 1.97. The molecule has 0 bridgehead atoms. The molecule has 1 aliphatic rings. The van der Waals surface area contributed by atoms with Crippen LogP contribution in [0.2, 0.25) is 0 Å². The van der Waals surface area contributed by atoms with Crippen molar-refractivity contribution in [2.45, 2.75) is 12.5 Å². The van der Waals surface area contributed by atoms with Crippen LogP contribution in [0, 0.1) is 0 Å². The number of rotatable bonds is 2. The number of amides is 1. The minimum Gasteiger partial charge on any atom is -0.397 e. The summed E-state index contributed by atoms with van der Waals surface area (Å²) in [7, 11) is 0. The van der Waals surface area contributed by atoms with Crippen molar-refractivity contribution in [1.29, 1.82) is 0 Å². The molecule has 0 aliphatic carbocycles. The number of H-pyrrole nitrogens is 1. The van der Waals surface area contributed by atoms with Crippen LogP contribution in [-0.2, 0) is 0 Å². The minimum atomic E-state index is -0.0609. The van der Waals surface area contributed by atoms with E-state index in [1.54, 1.807) is 12.3 Å². The molecular weight excluding hydrogens is 198 g/mol. The standard InChI is InChI=1S/C9H13N3OS/c10-6-3-8(11-4-6)9(13)12-7-1-2-14-5-7/h3-4,7,11H,1-2,5,10H2,(H,12,13). The van der Waals surface area contributed by atoms with Crippen molar-refractivity contribution in [3.63, 3.8) is 0 Å². The highest BCUT2D eigenvalue weighted by atomic mass is 32.2. The molecule has 1 unspecified atom stereocenters. The lowest BCUT2D eigenvalue weighted by molar-refractivity contribution is 0.0937. The molecule has 0 saturated carbocycles. The van der Waals surface area contributed by atoms with E-state index in [0.29, 0.717) is 17.4 Å². The Kier molecular flexibility index (Phi) is 2.67. The Hall–Kier alpha value is -1.10. The Morgan fingerprint density at radius 1 is 1.71 bits per heavy atom. The molecule has 0 spiro atoms. The lowest BCUT2D eigenvalue weighted by atomic mass is 10.2. The van der Waals surface area contributed by atoms with Gasteiger partial charge in [0.15, 0.2) is 0 Å². The van der Waals surface area contributed by atoms with E-state index in [0.717, 1.165) is 17.9 Å². The summed E-state index contributed by atoms with van der Waals surface area (Å²) in [6.07, 6.45) is 2.69. The fourth-order valence-electron chi connectivity index (χ4n) is 1.45. The number of nitrogens with one attached hydrogen (secondary N) is 2. The van der Waals surface area contributed by atoms with Crippen molar-refractivity contribution in [2.75, 3.05) is 17.2 Å². The number of anilines is 1. The van der Waals surface area contributed by atoms with Gasteiger partial charge in [-0.2, -0.15) is 11.8 Å². The van der Waals surface area contributed by atoms with Gasteiger partial charge in [-0.1, -0.05) is 0 Å². The van der Waals surface area contributed by atoms with E-state index in [-0.39, 0.29) is 5.91 Å². The van der Waals surface area contributed by atoms with Gasteiger partial charge >= 0.3 is 0 Å². The summed E-state index contributed by atoms with van der Waals surface area (Å²) >= 11 is 1.87. The fourth-order valence-corrected chi connectivity index (χ4v) is 2.61. The SMILES string of the molecule is Nc1c[nH]c(C(=O)NC2CCSC2)c1. The van der Waals surface area contributed by atoms with E-state index in [4.69, 9.17) is 5.73 Å². The Morgan fingerprint density at radius 2 is 2.57 bits per heavy atom. The molecule has 0 aromatic carbocycles. The summed E-state index contributed by atoms with van der Waals surface area (Å²) in [5, 5.41) is 2.96. The van der Waals surface area contributed by atoms with Gasteiger partial charge < -0.3 is 16.0 Å². The van der Waals surface area contributed by atoms with Gasteiger partial charge in [0.05, 0.1) is 0 Å². The molecule has 76 valence electrons. The first-order valence-electron chi connectivity index (χ1n) is 4.58. The first-order chi connectivity index (χ1) is 6.75. The van der Waals surface area contributed by atoms with Crippen LogP contribution in [0.25, 0.3) is 0 Å². The van der Waals surface area contributed by atoms with Crippen LogP contribution in [0.3, 0.4) is 0 Å². The molecule has 1 saturated heterocycles. The van der Waals surface area contributed by atoms with Gasteiger partial charge in [-0.3, -0.25) is 4.79 Å². The fraction of sp³-hybridized carbons (Fsp3) is 0.444. The summed E-state index contributed by atoms with van der Waals surface area (Å²) < 4.78 is 0. The van der Waals surface area contributed by atoms with Gasteiger partial charge in [0, 0.05) is 23.7 Å². The van der Waals surface area contributed by atoms with Gasteiger partial charge in [-0.25, -0.2) is 0 Å². The maximum absolute atomic E-state index is 11.6. The predicted octanol–water partition coefficient (Wildman–Crippen LogP) is 0.832. The van der Waals surface area contributed by atoms with Crippen molar-refractivity contribution in [2.24, 2.45) is 0 Å². The third kappa shape index (κ3) is 2.04. The minimum absolute atomic E-state index is 0.0609. The highest BCUT2D eigenvalue weighted by Crippen LogP contribution is 2.17. The highest BCUT2D eigenvalue weighted by Gasteiger charge is 2.18. The Morgan fingerprint density at radius 3 is 3.14 bits per heavy atom. The number of thioether (sulfide) groups is 1. The number of aromatic nitrogens is 1. The van der Waals surface area contributed by atoms with Crippen LogP contribution < -0.4 is 11.1 Å². The maximum atomic E-state index is 11.6. The van der Waals surface area contributed by atoms with Crippen molar-refractivity contribution in [3.05, 3.63) is 18.0 Å². The zero-order valence-electron chi connectivity index (χ0n) is 7.75. The highest BCUT2D eigenvalue weighted by molar-refractivity contribution is 7.99. The lowest BCUT2D eigenvalue weighted by Crippen LogP contribution is -2.34. The lowest BCUT2D eigenvalue weighted by Gasteiger charge is -2.09. The second-order valence-corrected chi connectivity index (χ2v) is 4.53. The van der Waals surface area contributed by atoms with Crippen molar-refractivity contribution < 1.29 is 4.79 Å². The molecule has 2 heterocycles. The number of aromatic amines is 1. The number of carbonyl (C=O) groups is 1. The van der Waals surface area contributed by atoms with Crippen LogP contribution in [0.15, 0.2) is 12.3 Å². The number of hydrogen-bond acceptors (Lipinski definition) is 3. The Balaban J connectivity index is 1.95. The van der Waals surface area contributed by atoms with E-state index in [1.807, 2.05) is 11.8 Å². The molecule has 1 aliphatic heterocycles. The molecule has 2 rings (SSSR count). The molecule has 1 atom stereocenters. The molecule has 4 N–H and O–H groups in total. The molecule has 1 fully saturated rings. The van der Waals surface area contributed by atoms with Crippen LogP contribution in [0.4, 0.5) is 5.69 Å². The van der Waals surface area contributed by atoms with Gasteiger partial charge in [-0.15, -0.1) is 0 Å². The van der Waals surface area contributed by atoms with Crippen molar-refractivity contribution in [1.82, 2.24) is 10.3 Å². The molecule has 4 nitrogen and oxygen atoms in total. The van der Waals surface area contributed by atoms with E-state index in [9.17, 15) is 4.79 Å². The number of carbonyl (C=O) groups excluding carboxylic acids is 1. The first-order valence-corrected chi connectivity index (χ1v) is 5.73. The average molecular weight is 211 g/mol. The quantitative estimate of drug-likeness (QED) is 0.678. The van der Waals surface area contributed by atoms with Crippen LogP contribution in [0.1, 0.15) is 16.9 Å². The monoisotopic (exact) mass is 211 g/mol. The third-order valence-electron chi connectivity index (χ3n) is 2.21. The van der Waals surface area contributed by atoms with E-state index in [1.165, 1.54) is 0 Å². The predicted molar refractivity (Wildman–Crippen MR) is 58.4 cm³/mol. The second kappa shape index (κ2) is 3.96. The zero-order chi connectivity index (χ0) is 9.97. The smallest absolute Gasteiger partial charge is 0.268 e. The first kappa shape index (κ1) is 9.45. The molecule has 5 heteroatoms. The molecule has 1 amide bonds. The summed E-state index contributed by atoms with van der Waals surface area (Å²) in [4.78, 5) is 14.4. The average Bonchev–Trinajstić information content (AvgIpc) is 2.75. The number of hydrogen-bond donors (Lipinski definition) is 3.